The Morgan fingerprint density at radius 3 is 2.49 bits per heavy atom. The number of carbonyl (C=O) groups is 1. The number of hydrogen-bond acceptors (Lipinski definition) is 4. The summed E-state index contributed by atoms with van der Waals surface area (Å²) in [6.07, 6.45) is 8.61. The van der Waals surface area contributed by atoms with Gasteiger partial charge < -0.3 is 4.74 Å². The number of amidine groups is 1. The van der Waals surface area contributed by atoms with Crippen LogP contribution in [0.5, 0.6) is 5.75 Å². The number of carbonyl (C=O) groups excluding carboxylic acids is 1. The van der Waals surface area contributed by atoms with Crippen LogP contribution in [0.4, 0.5) is 5.69 Å². The lowest BCUT2D eigenvalue weighted by molar-refractivity contribution is -0.124. The Balaban J connectivity index is 1.57. The maximum Gasteiger partial charge on any atom is 0.267 e. The molecule has 3 aromatic rings. The summed E-state index contributed by atoms with van der Waals surface area (Å²) in [4.78, 5) is 21.6. The smallest absolute Gasteiger partial charge is 0.267 e. The maximum atomic E-state index is 13.8. The normalized spacial score (nSPS) is 19.3. The first kappa shape index (κ1) is 23.7. The second kappa shape index (κ2) is 10.7. The fourth-order valence-electron chi connectivity index (χ4n) is 5.09. The van der Waals surface area contributed by atoms with Gasteiger partial charge in [0.15, 0.2) is 5.17 Å². The minimum absolute atomic E-state index is 0.0765. The fraction of sp³-hybridized carbons (Fsp3) is 0.333. The van der Waals surface area contributed by atoms with Crippen LogP contribution in [0.25, 0.3) is 16.8 Å². The second-order valence-corrected chi connectivity index (χ2v) is 10.1. The molecule has 1 amide bonds. The third kappa shape index (κ3) is 4.87. The zero-order valence-electron chi connectivity index (χ0n) is 20.5. The van der Waals surface area contributed by atoms with Crippen LogP contribution in [0.2, 0.25) is 0 Å². The van der Waals surface area contributed by atoms with E-state index < -0.39 is 0 Å². The number of aryl methyl sites for hydroxylation is 1. The van der Waals surface area contributed by atoms with E-state index in [1.165, 1.54) is 36.6 Å². The molecule has 180 valence electrons. The first-order chi connectivity index (χ1) is 17.2. The molecule has 4 nitrogen and oxygen atoms in total. The van der Waals surface area contributed by atoms with Crippen molar-refractivity contribution in [3.63, 3.8) is 0 Å². The highest BCUT2D eigenvalue weighted by Gasteiger charge is 2.38. The summed E-state index contributed by atoms with van der Waals surface area (Å²) < 4.78 is 5.85. The van der Waals surface area contributed by atoms with Crippen molar-refractivity contribution in [3.8, 4) is 5.75 Å². The number of rotatable bonds is 6. The summed E-state index contributed by atoms with van der Waals surface area (Å²) in [6.45, 7) is 4.76. The summed E-state index contributed by atoms with van der Waals surface area (Å²) in [5, 5.41) is 2.96. The summed E-state index contributed by atoms with van der Waals surface area (Å²) >= 11 is 1.51. The van der Waals surface area contributed by atoms with Crippen molar-refractivity contribution in [1.82, 2.24) is 4.90 Å². The quantitative estimate of drug-likeness (QED) is 0.336. The molecule has 1 aliphatic carbocycles. The van der Waals surface area contributed by atoms with Crippen LogP contribution in [0.1, 0.15) is 57.1 Å². The fourth-order valence-corrected chi connectivity index (χ4v) is 6.13. The monoisotopic (exact) mass is 484 g/mol. The van der Waals surface area contributed by atoms with Crippen molar-refractivity contribution >= 4 is 45.4 Å². The molecule has 0 radical (unpaired) electrons. The van der Waals surface area contributed by atoms with E-state index in [-0.39, 0.29) is 11.9 Å². The van der Waals surface area contributed by atoms with Crippen LogP contribution in [-0.4, -0.2) is 28.6 Å². The minimum Gasteiger partial charge on any atom is -0.493 e. The van der Waals surface area contributed by atoms with Crippen LogP contribution in [0, 0.1) is 0 Å². The molecule has 5 rings (SSSR count). The van der Waals surface area contributed by atoms with E-state index in [9.17, 15) is 4.79 Å². The predicted molar refractivity (Wildman–Crippen MR) is 147 cm³/mol. The van der Waals surface area contributed by atoms with E-state index in [1.807, 2.05) is 42.2 Å². The molecule has 0 N–H and O–H groups in total. The number of aliphatic imine (C=N–C) groups is 1. The molecule has 2 fully saturated rings. The van der Waals surface area contributed by atoms with Gasteiger partial charge in [-0.3, -0.25) is 9.69 Å². The third-order valence-electron chi connectivity index (χ3n) is 6.87. The van der Waals surface area contributed by atoms with Gasteiger partial charge >= 0.3 is 0 Å². The Bertz CT molecular complexity index is 1290. The molecular formula is C30H32N2O2S. The van der Waals surface area contributed by atoms with Gasteiger partial charge in [-0.1, -0.05) is 74.7 Å². The highest BCUT2D eigenvalue weighted by Crippen LogP contribution is 2.40. The number of amides is 1. The largest absolute Gasteiger partial charge is 0.493 e. The van der Waals surface area contributed by atoms with E-state index in [4.69, 9.17) is 9.73 Å². The van der Waals surface area contributed by atoms with Gasteiger partial charge in [0, 0.05) is 11.4 Å². The highest BCUT2D eigenvalue weighted by molar-refractivity contribution is 8.18. The number of benzene rings is 3. The highest BCUT2D eigenvalue weighted by atomic mass is 32.2. The molecule has 0 spiro atoms. The standard InChI is InChI=1S/C30H32N2O2S/c1-3-21-12-8-11-17-26(21)31-30-32(23-13-6-5-7-14-23)29(33)28(35-30)20-22-18-19-27(34-4-2)25-16-10-9-15-24(22)25/h8-12,15-20,23H,3-7,13-14H2,1-2H3/b28-20+,31-30?. The Morgan fingerprint density at radius 2 is 1.71 bits per heavy atom. The third-order valence-corrected chi connectivity index (χ3v) is 7.85. The first-order valence-corrected chi connectivity index (χ1v) is 13.6. The molecular weight excluding hydrogens is 452 g/mol. The van der Waals surface area contributed by atoms with E-state index in [0.29, 0.717) is 6.61 Å². The molecule has 0 aromatic heterocycles. The average molecular weight is 485 g/mol. The molecule has 5 heteroatoms. The van der Waals surface area contributed by atoms with Crippen LogP contribution in [0.3, 0.4) is 0 Å². The van der Waals surface area contributed by atoms with Crippen LogP contribution < -0.4 is 4.74 Å². The lowest BCUT2D eigenvalue weighted by Crippen LogP contribution is -2.40. The second-order valence-electron chi connectivity index (χ2n) is 9.09. The van der Waals surface area contributed by atoms with Crippen LogP contribution in [-0.2, 0) is 11.2 Å². The Hall–Kier alpha value is -3.05. The van der Waals surface area contributed by atoms with Crippen molar-refractivity contribution in [3.05, 3.63) is 76.7 Å². The van der Waals surface area contributed by atoms with E-state index in [1.54, 1.807) is 0 Å². The summed E-state index contributed by atoms with van der Waals surface area (Å²) in [6, 6.07) is 20.8. The Morgan fingerprint density at radius 1 is 0.971 bits per heavy atom. The maximum absolute atomic E-state index is 13.8. The summed E-state index contributed by atoms with van der Waals surface area (Å²) in [7, 11) is 0. The summed E-state index contributed by atoms with van der Waals surface area (Å²) in [5.74, 6) is 0.950. The van der Waals surface area contributed by atoms with Crippen LogP contribution >= 0.6 is 11.8 Å². The van der Waals surface area contributed by atoms with Gasteiger partial charge in [0.1, 0.15) is 5.75 Å². The molecule has 0 atom stereocenters. The lowest BCUT2D eigenvalue weighted by Gasteiger charge is -2.30. The number of thioether (sulfide) groups is 1. The van der Waals surface area contributed by atoms with Crippen molar-refractivity contribution in [2.75, 3.05) is 6.61 Å². The lowest BCUT2D eigenvalue weighted by atomic mass is 9.94. The number of hydrogen-bond donors (Lipinski definition) is 0. The van der Waals surface area contributed by atoms with E-state index >= 15 is 0 Å². The molecule has 0 unspecified atom stereocenters. The zero-order valence-corrected chi connectivity index (χ0v) is 21.3. The molecule has 1 heterocycles. The molecule has 1 saturated heterocycles. The van der Waals surface area contributed by atoms with Crippen molar-refractivity contribution in [1.29, 1.82) is 0 Å². The topological polar surface area (TPSA) is 41.9 Å². The first-order valence-electron chi connectivity index (χ1n) is 12.7. The SMILES string of the molecule is CCOc1ccc(/C=C2/SC(=Nc3ccccc3CC)N(C3CCCCC3)C2=O)c2ccccc12. The zero-order chi connectivity index (χ0) is 24.2. The number of fused-ring (bicyclic) bond motifs is 1. The van der Waals surface area contributed by atoms with E-state index in [0.717, 1.165) is 57.1 Å². The average Bonchev–Trinajstić information content (AvgIpc) is 3.20. The van der Waals surface area contributed by atoms with Gasteiger partial charge in [0.25, 0.3) is 5.91 Å². The van der Waals surface area contributed by atoms with Gasteiger partial charge in [-0.15, -0.1) is 0 Å². The molecule has 1 aliphatic heterocycles. The van der Waals surface area contributed by atoms with Crippen molar-refractivity contribution in [2.24, 2.45) is 4.99 Å². The number of ether oxygens (including phenoxy) is 1. The van der Waals surface area contributed by atoms with Gasteiger partial charge in [0.2, 0.25) is 0 Å². The Kier molecular flexibility index (Phi) is 7.24. The molecule has 1 saturated carbocycles. The van der Waals surface area contributed by atoms with Gasteiger partial charge in [0.05, 0.1) is 17.2 Å². The van der Waals surface area contributed by atoms with Gasteiger partial charge in [-0.05, 0) is 72.7 Å². The van der Waals surface area contributed by atoms with E-state index in [2.05, 4.69) is 43.3 Å². The Labute approximate surface area is 212 Å². The molecule has 2 aliphatic rings. The number of para-hydroxylation sites is 1. The molecule has 0 bridgehead atoms. The molecule has 35 heavy (non-hydrogen) atoms. The summed E-state index contributed by atoms with van der Waals surface area (Å²) in [5.41, 5.74) is 3.18. The number of nitrogens with zero attached hydrogens (tertiary/aromatic N) is 2. The van der Waals surface area contributed by atoms with Crippen molar-refractivity contribution < 1.29 is 9.53 Å². The van der Waals surface area contributed by atoms with Gasteiger partial charge in [-0.25, -0.2) is 4.99 Å². The predicted octanol–water partition coefficient (Wildman–Crippen LogP) is 7.74. The van der Waals surface area contributed by atoms with Crippen LogP contribution in [0.15, 0.2) is 70.6 Å². The molecule has 3 aromatic carbocycles. The van der Waals surface area contributed by atoms with Crippen molar-refractivity contribution in [2.45, 2.75) is 58.4 Å². The minimum atomic E-state index is 0.0765. The van der Waals surface area contributed by atoms with Gasteiger partial charge in [-0.2, -0.15) is 0 Å².